The molecule has 2 rings (SSSR count). The summed E-state index contributed by atoms with van der Waals surface area (Å²) in [6.07, 6.45) is 1.94. The predicted octanol–water partition coefficient (Wildman–Crippen LogP) is 1.98. The molecule has 2 atom stereocenters. The maximum Gasteiger partial charge on any atom is 0.310 e. The lowest BCUT2D eigenvalue weighted by Crippen LogP contribution is -2.46. The summed E-state index contributed by atoms with van der Waals surface area (Å²) in [6, 6.07) is 6.09. The normalized spacial score (nSPS) is 18.7. The summed E-state index contributed by atoms with van der Waals surface area (Å²) >= 11 is 0. The van der Waals surface area contributed by atoms with E-state index in [1.54, 1.807) is 17.0 Å². The first-order chi connectivity index (χ1) is 10.5. The number of likely N-dealkylation sites (tertiary alicyclic amines) is 1. The van der Waals surface area contributed by atoms with Crippen molar-refractivity contribution in [3.05, 3.63) is 34.4 Å². The van der Waals surface area contributed by atoms with Crippen LogP contribution in [0.2, 0.25) is 0 Å². The molecule has 1 amide bonds. The average Bonchev–Trinajstić information content (AvgIpc) is 2.52. The van der Waals surface area contributed by atoms with Crippen LogP contribution in [0.4, 0.5) is 5.69 Å². The predicted molar refractivity (Wildman–Crippen MR) is 88.8 cm³/mol. The van der Waals surface area contributed by atoms with Gasteiger partial charge in [-0.2, -0.15) is 0 Å². The SMILES string of the molecule is CC(N)C1CCCN(C(=O)COc2ccccc2[N+](=O)[O-])C1.Cl. The zero-order valence-corrected chi connectivity index (χ0v) is 13.8. The fourth-order valence-corrected chi connectivity index (χ4v) is 2.63. The number of piperidine rings is 1. The number of rotatable bonds is 5. The van der Waals surface area contributed by atoms with Crippen LogP contribution in [0.15, 0.2) is 24.3 Å². The van der Waals surface area contributed by atoms with Crippen molar-refractivity contribution in [1.29, 1.82) is 0 Å². The highest BCUT2D eigenvalue weighted by Gasteiger charge is 2.26. The van der Waals surface area contributed by atoms with E-state index in [0.717, 1.165) is 12.8 Å². The number of halogens is 1. The van der Waals surface area contributed by atoms with Gasteiger partial charge in [0.1, 0.15) is 0 Å². The van der Waals surface area contributed by atoms with E-state index in [2.05, 4.69) is 0 Å². The molecule has 1 aliphatic heterocycles. The zero-order chi connectivity index (χ0) is 16.1. The number of hydrogen-bond donors (Lipinski definition) is 1. The Morgan fingerprint density at radius 3 is 2.87 bits per heavy atom. The van der Waals surface area contributed by atoms with Gasteiger partial charge in [-0.05, 0) is 31.7 Å². The van der Waals surface area contributed by atoms with Gasteiger partial charge in [-0.3, -0.25) is 14.9 Å². The number of carbonyl (C=O) groups is 1. The van der Waals surface area contributed by atoms with Gasteiger partial charge in [-0.15, -0.1) is 12.4 Å². The van der Waals surface area contributed by atoms with E-state index >= 15 is 0 Å². The molecule has 1 fully saturated rings. The molecule has 0 aliphatic carbocycles. The lowest BCUT2D eigenvalue weighted by atomic mass is 9.92. The minimum Gasteiger partial charge on any atom is -0.477 e. The first kappa shape index (κ1) is 19.2. The van der Waals surface area contributed by atoms with Crippen molar-refractivity contribution in [3.8, 4) is 5.75 Å². The molecule has 0 aromatic heterocycles. The Balaban J connectivity index is 0.00000264. The van der Waals surface area contributed by atoms with E-state index in [-0.39, 0.29) is 42.4 Å². The number of ether oxygens (including phenoxy) is 1. The van der Waals surface area contributed by atoms with Gasteiger partial charge in [-0.1, -0.05) is 12.1 Å². The minimum absolute atomic E-state index is 0. The summed E-state index contributed by atoms with van der Waals surface area (Å²) < 4.78 is 5.35. The smallest absolute Gasteiger partial charge is 0.310 e. The molecular weight excluding hydrogens is 322 g/mol. The van der Waals surface area contributed by atoms with Crippen LogP contribution in [0.5, 0.6) is 5.75 Å². The molecule has 0 spiro atoms. The van der Waals surface area contributed by atoms with Gasteiger partial charge in [0.2, 0.25) is 0 Å². The summed E-state index contributed by atoms with van der Waals surface area (Å²) in [5, 5.41) is 10.9. The van der Waals surface area contributed by atoms with E-state index in [1.807, 2.05) is 6.92 Å². The first-order valence-electron chi connectivity index (χ1n) is 7.38. The van der Waals surface area contributed by atoms with Gasteiger partial charge in [0, 0.05) is 25.2 Å². The molecule has 1 heterocycles. The Kier molecular flexibility index (Phi) is 7.25. The van der Waals surface area contributed by atoms with Gasteiger partial charge in [0.05, 0.1) is 4.92 Å². The summed E-state index contributed by atoms with van der Waals surface area (Å²) in [5.74, 6) is 0.244. The van der Waals surface area contributed by atoms with Gasteiger partial charge in [-0.25, -0.2) is 0 Å². The van der Waals surface area contributed by atoms with E-state index in [4.69, 9.17) is 10.5 Å². The van der Waals surface area contributed by atoms with Gasteiger partial charge >= 0.3 is 5.69 Å². The fourth-order valence-electron chi connectivity index (χ4n) is 2.63. The quantitative estimate of drug-likeness (QED) is 0.651. The molecule has 0 radical (unpaired) electrons. The Bertz CT molecular complexity index is 553. The lowest BCUT2D eigenvalue weighted by molar-refractivity contribution is -0.385. The number of nitrogens with zero attached hydrogens (tertiary/aromatic N) is 2. The number of carbonyl (C=O) groups excluding carboxylic acids is 1. The number of benzene rings is 1. The minimum atomic E-state index is -0.521. The molecule has 7 nitrogen and oxygen atoms in total. The van der Waals surface area contributed by atoms with E-state index in [0.29, 0.717) is 19.0 Å². The zero-order valence-electron chi connectivity index (χ0n) is 13.0. The standard InChI is InChI=1S/C15H21N3O4.ClH/c1-11(16)12-5-4-8-17(9-12)15(19)10-22-14-7-3-2-6-13(14)18(20)21;/h2-3,6-7,11-12H,4-5,8-10,16H2,1H3;1H. The highest BCUT2D eigenvalue weighted by Crippen LogP contribution is 2.26. The maximum atomic E-state index is 12.2. The number of nitro benzene ring substituents is 1. The number of amides is 1. The van der Waals surface area contributed by atoms with Gasteiger partial charge in [0.15, 0.2) is 12.4 Å². The average molecular weight is 344 g/mol. The summed E-state index contributed by atoms with van der Waals surface area (Å²) in [5.41, 5.74) is 5.77. The molecule has 1 saturated heterocycles. The second-order valence-corrected chi connectivity index (χ2v) is 5.61. The first-order valence-corrected chi connectivity index (χ1v) is 7.38. The largest absolute Gasteiger partial charge is 0.477 e. The Morgan fingerprint density at radius 2 is 2.22 bits per heavy atom. The second-order valence-electron chi connectivity index (χ2n) is 5.61. The van der Waals surface area contributed by atoms with Crippen LogP contribution in [0.1, 0.15) is 19.8 Å². The Hall–Kier alpha value is -1.86. The molecule has 1 aliphatic rings. The molecular formula is C15H22ClN3O4. The van der Waals surface area contributed by atoms with E-state index in [1.165, 1.54) is 12.1 Å². The number of para-hydroxylation sites is 2. The highest BCUT2D eigenvalue weighted by molar-refractivity contribution is 5.85. The highest BCUT2D eigenvalue weighted by atomic mass is 35.5. The molecule has 1 aromatic carbocycles. The molecule has 0 saturated carbocycles. The van der Waals surface area contributed by atoms with E-state index in [9.17, 15) is 14.9 Å². The van der Waals surface area contributed by atoms with Crippen LogP contribution in [-0.2, 0) is 4.79 Å². The van der Waals surface area contributed by atoms with Gasteiger partial charge < -0.3 is 15.4 Å². The van der Waals surface area contributed by atoms with Crippen molar-refractivity contribution < 1.29 is 14.5 Å². The lowest BCUT2D eigenvalue weighted by Gasteiger charge is -2.34. The fraction of sp³-hybridized carbons (Fsp3) is 0.533. The van der Waals surface area contributed by atoms with Crippen molar-refractivity contribution in [3.63, 3.8) is 0 Å². The van der Waals surface area contributed by atoms with Crippen LogP contribution in [-0.4, -0.2) is 41.5 Å². The number of nitro groups is 1. The maximum absolute atomic E-state index is 12.2. The van der Waals surface area contributed by atoms with Crippen molar-refractivity contribution in [2.24, 2.45) is 11.7 Å². The van der Waals surface area contributed by atoms with Crippen LogP contribution >= 0.6 is 12.4 Å². The summed E-state index contributed by atoms with van der Waals surface area (Å²) in [7, 11) is 0. The summed E-state index contributed by atoms with van der Waals surface area (Å²) in [4.78, 5) is 24.3. The van der Waals surface area contributed by atoms with Crippen molar-refractivity contribution in [1.82, 2.24) is 4.90 Å². The third kappa shape index (κ3) is 5.07. The molecule has 2 N–H and O–H groups in total. The van der Waals surface area contributed by atoms with E-state index < -0.39 is 4.92 Å². The van der Waals surface area contributed by atoms with Crippen LogP contribution in [0.25, 0.3) is 0 Å². The third-order valence-electron chi connectivity index (χ3n) is 3.97. The van der Waals surface area contributed by atoms with Gasteiger partial charge in [0.25, 0.3) is 5.91 Å². The van der Waals surface area contributed by atoms with Crippen molar-refractivity contribution in [2.45, 2.75) is 25.8 Å². The van der Waals surface area contributed by atoms with Crippen LogP contribution in [0.3, 0.4) is 0 Å². The van der Waals surface area contributed by atoms with Crippen molar-refractivity contribution in [2.75, 3.05) is 19.7 Å². The number of nitrogens with two attached hydrogens (primary N) is 1. The molecule has 1 aromatic rings. The second kappa shape index (κ2) is 8.69. The Labute approximate surface area is 141 Å². The van der Waals surface area contributed by atoms with Crippen molar-refractivity contribution >= 4 is 24.0 Å². The molecule has 128 valence electrons. The topological polar surface area (TPSA) is 98.7 Å². The third-order valence-corrected chi connectivity index (χ3v) is 3.97. The Morgan fingerprint density at radius 1 is 1.52 bits per heavy atom. The molecule has 2 unspecified atom stereocenters. The molecule has 0 bridgehead atoms. The molecule has 23 heavy (non-hydrogen) atoms. The number of hydrogen-bond acceptors (Lipinski definition) is 5. The van der Waals surface area contributed by atoms with Crippen LogP contribution < -0.4 is 10.5 Å². The summed E-state index contributed by atoms with van der Waals surface area (Å²) in [6.45, 7) is 3.05. The monoisotopic (exact) mass is 343 g/mol. The van der Waals surface area contributed by atoms with Crippen LogP contribution in [0, 0.1) is 16.0 Å². The molecule has 8 heteroatoms.